The molecule has 0 radical (unpaired) electrons. The molecule has 0 aromatic heterocycles. The lowest BCUT2D eigenvalue weighted by Crippen LogP contribution is -2.33. The van der Waals surface area contributed by atoms with Gasteiger partial charge in [-0.25, -0.2) is 0 Å². The van der Waals surface area contributed by atoms with E-state index in [0.717, 1.165) is 11.3 Å². The van der Waals surface area contributed by atoms with Crippen molar-refractivity contribution in [1.29, 1.82) is 0 Å². The van der Waals surface area contributed by atoms with Gasteiger partial charge in [-0.05, 0) is 36.3 Å². The Bertz CT molecular complexity index is 330. The third-order valence-electron chi connectivity index (χ3n) is 4.24. The Morgan fingerprint density at radius 1 is 1.50 bits per heavy atom. The molecule has 0 heteroatoms. The second kappa shape index (κ2) is 0.861. The molecule has 0 aromatic rings. The topological polar surface area (TPSA) is 0 Å². The molecule has 2 atom stereocenters. The standard InChI is InChI=1S/C10H10/c1-5-2-7-8-3-6-4-10(5,8)9(6)7/h5H,2-4H2,1H3. The summed E-state index contributed by atoms with van der Waals surface area (Å²) in [5.74, 6) is 0.985. The lowest BCUT2D eigenvalue weighted by molar-refractivity contribution is 0.317. The average molecular weight is 130 g/mol. The van der Waals surface area contributed by atoms with Gasteiger partial charge in [0, 0.05) is 5.41 Å². The van der Waals surface area contributed by atoms with Gasteiger partial charge >= 0.3 is 0 Å². The summed E-state index contributed by atoms with van der Waals surface area (Å²) in [5.41, 5.74) is 8.05. The summed E-state index contributed by atoms with van der Waals surface area (Å²) in [7, 11) is 0. The van der Waals surface area contributed by atoms with Gasteiger partial charge in [-0.3, -0.25) is 0 Å². The van der Waals surface area contributed by atoms with Gasteiger partial charge in [0.05, 0.1) is 0 Å². The number of hydrogen-bond acceptors (Lipinski definition) is 0. The van der Waals surface area contributed by atoms with Crippen molar-refractivity contribution in [2.24, 2.45) is 11.3 Å². The Morgan fingerprint density at radius 2 is 2.40 bits per heavy atom. The average Bonchev–Trinajstić information content (AvgIpc) is 2.45. The zero-order chi connectivity index (χ0) is 6.51. The maximum absolute atomic E-state index is 2.43. The quantitative estimate of drug-likeness (QED) is 0.472. The molecule has 7 rings (SSSR count). The van der Waals surface area contributed by atoms with E-state index in [2.05, 4.69) is 6.92 Å². The lowest BCUT2D eigenvalue weighted by atomic mass is 9.60. The molecule has 5 bridgehead atoms. The van der Waals surface area contributed by atoms with Crippen LogP contribution in [-0.2, 0) is 0 Å². The van der Waals surface area contributed by atoms with Gasteiger partial charge < -0.3 is 0 Å². The van der Waals surface area contributed by atoms with Crippen LogP contribution in [0.4, 0.5) is 0 Å². The summed E-state index contributed by atoms with van der Waals surface area (Å²) in [6, 6.07) is 0. The Morgan fingerprint density at radius 3 is 2.90 bits per heavy atom. The molecule has 50 valence electrons. The summed E-state index contributed by atoms with van der Waals surface area (Å²) in [6.07, 6.45) is 4.28. The molecule has 7 aliphatic carbocycles. The monoisotopic (exact) mass is 130 g/mol. The minimum Gasteiger partial charge on any atom is -0.0610 e. The predicted molar refractivity (Wildman–Crippen MR) is 39.5 cm³/mol. The molecule has 1 spiro atoms. The van der Waals surface area contributed by atoms with Crippen LogP contribution < -0.4 is 0 Å². The van der Waals surface area contributed by atoms with Crippen molar-refractivity contribution in [1.82, 2.24) is 0 Å². The highest BCUT2D eigenvalue weighted by Gasteiger charge is 2.69. The van der Waals surface area contributed by atoms with Gasteiger partial charge in [-0.1, -0.05) is 18.1 Å². The molecule has 2 unspecified atom stereocenters. The van der Waals surface area contributed by atoms with E-state index in [9.17, 15) is 0 Å². The van der Waals surface area contributed by atoms with Crippen LogP contribution in [0.25, 0.3) is 0 Å². The van der Waals surface area contributed by atoms with Crippen LogP contribution in [0.5, 0.6) is 0 Å². The summed E-state index contributed by atoms with van der Waals surface area (Å²) < 4.78 is 0. The molecular formula is C10H10. The highest BCUT2D eigenvalue weighted by molar-refractivity contribution is 5.77. The van der Waals surface area contributed by atoms with Gasteiger partial charge in [0.15, 0.2) is 0 Å². The van der Waals surface area contributed by atoms with E-state index < -0.39 is 0 Å². The molecule has 0 N–H and O–H groups in total. The van der Waals surface area contributed by atoms with E-state index >= 15 is 0 Å². The van der Waals surface area contributed by atoms with Gasteiger partial charge in [-0.2, -0.15) is 0 Å². The van der Waals surface area contributed by atoms with Gasteiger partial charge in [0.1, 0.15) is 0 Å². The first-order valence-electron chi connectivity index (χ1n) is 4.29. The molecule has 0 amide bonds. The first-order chi connectivity index (χ1) is 4.84. The fourth-order valence-corrected chi connectivity index (χ4v) is 3.87. The molecule has 0 saturated heterocycles. The maximum atomic E-state index is 2.43. The first-order valence-corrected chi connectivity index (χ1v) is 4.29. The van der Waals surface area contributed by atoms with Crippen molar-refractivity contribution >= 4 is 0 Å². The van der Waals surface area contributed by atoms with Gasteiger partial charge in [-0.15, -0.1) is 0 Å². The zero-order valence-electron chi connectivity index (χ0n) is 6.20. The van der Waals surface area contributed by atoms with E-state index in [1.165, 1.54) is 19.3 Å². The van der Waals surface area contributed by atoms with Crippen LogP contribution >= 0.6 is 0 Å². The van der Waals surface area contributed by atoms with Crippen LogP contribution in [0.15, 0.2) is 22.3 Å². The summed E-state index contributed by atoms with van der Waals surface area (Å²) in [6.45, 7) is 2.43. The molecule has 2 saturated carbocycles. The third kappa shape index (κ3) is 0.174. The molecule has 0 heterocycles. The number of allylic oxidation sites excluding steroid dienone is 4. The Balaban J connectivity index is 2.17. The van der Waals surface area contributed by atoms with E-state index in [1.807, 2.05) is 16.7 Å². The van der Waals surface area contributed by atoms with E-state index in [4.69, 9.17) is 0 Å². The molecule has 10 heavy (non-hydrogen) atoms. The van der Waals surface area contributed by atoms with Crippen LogP contribution in [0.1, 0.15) is 26.2 Å². The fourth-order valence-electron chi connectivity index (χ4n) is 3.87. The first kappa shape index (κ1) is 4.38. The zero-order valence-corrected chi connectivity index (χ0v) is 6.20. The molecule has 2 fully saturated rings. The Kier molecular flexibility index (Phi) is 0.377. The molecular weight excluding hydrogens is 120 g/mol. The predicted octanol–water partition coefficient (Wildman–Crippen LogP) is 2.43. The van der Waals surface area contributed by atoms with E-state index in [-0.39, 0.29) is 0 Å². The Labute approximate surface area is 60.6 Å². The van der Waals surface area contributed by atoms with Crippen LogP contribution in [0.2, 0.25) is 0 Å². The summed E-state index contributed by atoms with van der Waals surface area (Å²) >= 11 is 0. The summed E-state index contributed by atoms with van der Waals surface area (Å²) in [4.78, 5) is 0. The Hall–Kier alpha value is -0.520. The normalized spacial score (nSPS) is 51.9. The minimum atomic E-state index is 0.727. The van der Waals surface area contributed by atoms with Gasteiger partial charge in [0.25, 0.3) is 0 Å². The lowest BCUT2D eigenvalue weighted by Gasteiger charge is -2.43. The second-order valence-corrected chi connectivity index (χ2v) is 4.37. The van der Waals surface area contributed by atoms with Crippen molar-refractivity contribution in [3.05, 3.63) is 22.3 Å². The summed E-state index contributed by atoms with van der Waals surface area (Å²) in [5, 5.41) is 0. The molecule has 0 aromatic carbocycles. The van der Waals surface area contributed by atoms with Crippen molar-refractivity contribution in [2.45, 2.75) is 26.2 Å². The van der Waals surface area contributed by atoms with Crippen LogP contribution in [0.3, 0.4) is 0 Å². The number of rotatable bonds is 0. The van der Waals surface area contributed by atoms with E-state index in [0.29, 0.717) is 0 Å². The third-order valence-corrected chi connectivity index (χ3v) is 4.24. The van der Waals surface area contributed by atoms with E-state index in [1.54, 1.807) is 5.57 Å². The molecule has 0 aliphatic heterocycles. The minimum absolute atomic E-state index is 0.727. The van der Waals surface area contributed by atoms with Crippen LogP contribution in [0, 0.1) is 11.3 Å². The highest BCUT2D eigenvalue weighted by Crippen LogP contribution is 2.81. The fraction of sp³-hybridized carbons (Fsp3) is 0.600. The largest absolute Gasteiger partial charge is 0.0610 e. The molecule has 0 nitrogen and oxygen atoms in total. The SMILES string of the molecule is CC1CC2=C3CC4=C2C31C4. The molecule has 7 aliphatic rings. The van der Waals surface area contributed by atoms with Crippen molar-refractivity contribution < 1.29 is 0 Å². The van der Waals surface area contributed by atoms with Crippen molar-refractivity contribution in [3.63, 3.8) is 0 Å². The second-order valence-electron chi connectivity index (χ2n) is 4.37. The smallest absolute Gasteiger partial charge is 0.0239 e. The van der Waals surface area contributed by atoms with Gasteiger partial charge in [0.2, 0.25) is 0 Å². The number of fused-ring (bicyclic) bond motifs is 1. The van der Waals surface area contributed by atoms with Crippen LogP contribution in [-0.4, -0.2) is 0 Å². The van der Waals surface area contributed by atoms with Crippen molar-refractivity contribution in [2.75, 3.05) is 0 Å². The maximum Gasteiger partial charge on any atom is 0.0239 e. The van der Waals surface area contributed by atoms with Crippen molar-refractivity contribution in [3.8, 4) is 0 Å². The number of hydrogen-bond donors (Lipinski definition) is 0. The highest BCUT2D eigenvalue weighted by atomic mass is 14.7.